The van der Waals surface area contributed by atoms with Crippen LogP contribution in [0.5, 0.6) is 0 Å². The quantitative estimate of drug-likeness (QED) is 0.367. The van der Waals surface area contributed by atoms with Gasteiger partial charge in [0.25, 0.3) is 11.8 Å². The first-order valence-electron chi connectivity index (χ1n) is 12.6. The third-order valence-corrected chi connectivity index (χ3v) is 7.22. The van der Waals surface area contributed by atoms with Crippen LogP contribution in [-0.4, -0.2) is 67.0 Å². The van der Waals surface area contributed by atoms with Gasteiger partial charge in [-0.3, -0.25) is 24.2 Å². The van der Waals surface area contributed by atoms with E-state index in [4.69, 9.17) is 4.74 Å². The molecule has 1 N–H and O–H groups in total. The SMILES string of the molecule is CC1CCN(COCCCCCCNC(=O)C2CCC(CN3C(=O)C=CC3=O)CC2)CC1. The molecule has 1 saturated carbocycles. The number of ether oxygens (including phenoxy) is 1. The number of hydrogen-bond acceptors (Lipinski definition) is 5. The maximum atomic E-state index is 12.4. The molecule has 3 aliphatic rings. The summed E-state index contributed by atoms with van der Waals surface area (Å²) in [5.41, 5.74) is 0. The molecule has 0 atom stereocenters. The zero-order chi connectivity index (χ0) is 22.8. The monoisotopic (exact) mass is 447 g/mol. The summed E-state index contributed by atoms with van der Waals surface area (Å²) in [5, 5.41) is 3.10. The minimum absolute atomic E-state index is 0.0699. The third kappa shape index (κ3) is 8.00. The molecular formula is C25H41N3O4. The van der Waals surface area contributed by atoms with Crippen LogP contribution < -0.4 is 5.32 Å². The molecule has 1 aliphatic carbocycles. The van der Waals surface area contributed by atoms with Crippen LogP contribution in [0.25, 0.3) is 0 Å². The molecule has 0 aromatic heterocycles. The van der Waals surface area contributed by atoms with Crippen molar-refractivity contribution in [3.8, 4) is 0 Å². The van der Waals surface area contributed by atoms with Crippen molar-refractivity contribution in [2.24, 2.45) is 17.8 Å². The Hall–Kier alpha value is -1.73. The first-order valence-corrected chi connectivity index (χ1v) is 12.6. The van der Waals surface area contributed by atoms with E-state index in [0.717, 1.165) is 90.3 Å². The van der Waals surface area contributed by atoms with E-state index in [1.165, 1.54) is 29.9 Å². The molecule has 0 aromatic rings. The molecule has 3 rings (SSSR count). The number of nitrogens with one attached hydrogen (secondary N) is 1. The van der Waals surface area contributed by atoms with Crippen LogP contribution in [0, 0.1) is 17.8 Å². The van der Waals surface area contributed by atoms with E-state index >= 15 is 0 Å². The smallest absolute Gasteiger partial charge is 0.253 e. The summed E-state index contributed by atoms with van der Waals surface area (Å²) < 4.78 is 5.81. The van der Waals surface area contributed by atoms with E-state index < -0.39 is 0 Å². The van der Waals surface area contributed by atoms with Crippen molar-refractivity contribution in [1.82, 2.24) is 15.1 Å². The number of rotatable bonds is 12. The topological polar surface area (TPSA) is 79.0 Å². The minimum atomic E-state index is -0.210. The van der Waals surface area contributed by atoms with Gasteiger partial charge in [-0.15, -0.1) is 0 Å². The summed E-state index contributed by atoms with van der Waals surface area (Å²) in [5.74, 6) is 0.986. The van der Waals surface area contributed by atoms with E-state index in [9.17, 15) is 14.4 Å². The Morgan fingerprint density at radius 1 is 0.969 bits per heavy atom. The van der Waals surface area contributed by atoms with E-state index in [-0.39, 0.29) is 23.6 Å². The summed E-state index contributed by atoms with van der Waals surface area (Å²) >= 11 is 0. The predicted octanol–water partition coefficient (Wildman–Crippen LogP) is 3.10. The number of piperidine rings is 1. The largest absolute Gasteiger partial charge is 0.366 e. The third-order valence-electron chi connectivity index (χ3n) is 7.22. The standard InChI is InChI=1S/C25H41N3O4/c1-20-12-15-27(16-13-20)19-32-17-5-3-2-4-14-26-25(31)22-8-6-21(7-9-22)18-28-23(29)10-11-24(28)30/h10-11,20-22H,2-9,12-19H2,1H3,(H,26,31). The van der Waals surface area contributed by atoms with Crippen molar-refractivity contribution in [2.75, 3.05) is 39.5 Å². The van der Waals surface area contributed by atoms with Crippen molar-refractivity contribution in [3.05, 3.63) is 12.2 Å². The van der Waals surface area contributed by atoms with Gasteiger partial charge in [0.2, 0.25) is 5.91 Å². The summed E-state index contributed by atoms with van der Waals surface area (Å²) in [6.07, 6.45) is 13.1. The summed E-state index contributed by atoms with van der Waals surface area (Å²) in [6.45, 7) is 7.48. The van der Waals surface area contributed by atoms with E-state index in [1.54, 1.807) is 0 Å². The number of nitrogens with zero attached hydrogens (tertiary/aromatic N) is 2. The number of hydrogen-bond donors (Lipinski definition) is 1. The summed E-state index contributed by atoms with van der Waals surface area (Å²) in [6, 6.07) is 0. The van der Waals surface area contributed by atoms with Crippen LogP contribution in [0.1, 0.15) is 71.1 Å². The molecule has 2 fully saturated rings. The van der Waals surface area contributed by atoms with Gasteiger partial charge in [0.1, 0.15) is 0 Å². The Kier molecular flexibility index (Phi) is 10.2. The van der Waals surface area contributed by atoms with Crippen molar-refractivity contribution >= 4 is 17.7 Å². The molecule has 7 heteroatoms. The summed E-state index contributed by atoms with van der Waals surface area (Å²) in [4.78, 5) is 39.6. The van der Waals surface area contributed by atoms with Gasteiger partial charge in [0, 0.05) is 50.9 Å². The van der Waals surface area contributed by atoms with Crippen molar-refractivity contribution < 1.29 is 19.1 Å². The average Bonchev–Trinajstić information content (AvgIpc) is 3.11. The second kappa shape index (κ2) is 13.1. The number of unbranched alkanes of at least 4 members (excludes halogenated alkanes) is 3. The average molecular weight is 448 g/mol. The van der Waals surface area contributed by atoms with Crippen LogP contribution in [0.4, 0.5) is 0 Å². The Morgan fingerprint density at radius 3 is 2.31 bits per heavy atom. The first-order chi connectivity index (χ1) is 15.5. The molecule has 0 spiro atoms. The van der Waals surface area contributed by atoms with Crippen LogP contribution >= 0.6 is 0 Å². The van der Waals surface area contributed by atoms with Gasteiger partial charge in [-0.2, -0.15) is 0 Å². The zero-order valence-electron chi connectivity index (χ0n) is 19.7. The van der Waals surface area contributed by atoms with Crippen molar-refractivity contribution in [1.29, 1.82) is 0 Å². The Bertz CT molecular complexity index is 632. The van der Waals surface area contributed by atoms with Gasteiger partial charge in [-0.25, -0.2) is 0 Å². The fourth-order valence-corrected chi connectivity index (χ4v) is 4.90. The van der Waals surface area contributed by atoms with E-state index in [0.29, 0.717) is 12.5 Å². The van der Waals surface area contributed by atoms with Crippen LogP contribution in [-0.2, 0) is 19.1 Å². The van der Waals surface area contributed by atoms with Gasteiger partial charge in [0.15, 0.2) is 0 Å². The van der Waals surface area contributed by atoms with Crippen LogP contribution in [0.3, 0.4) is 0 Å². The molecular weight excluding hydrogens is 406 g/mol. The highest BCUT2D eigenvalue weighted by molar-refractivity contribution is 6.12. The lowest BCUT2D eigenvalue weighted by atomic mass is 9.81. The van der Waals surface area contributed by atoms with Crippen molar-refractivity contribution in [2.45, 2.75) is 71.1 Å². The minimum Gasteiger partial charge on any atom is -0.366 e. The first kappa shape index (κ1) is 24.9. The second-order valence-corrected chi connectivity index (χ2v) is 9.88. The van der Waals surface area contributed by atoms with Gasteiger partial charge < -0.3 is 10.1 Å². The highest BCUT2D eigenvalue weighted by Crippen LogP contribution is 2.30. The number of imide groups is 1. The molecule has 7 nitrogen and oxygen atoms in total. The normalized spacial score (nSPS) is 25.0. The highest BCUT2D eigenvalue weighted by atomic mass is 16.5. The number of carbonyl (C=O) groups excluding carboxylic acids is 3. The maximum absolute atomic E-state index is 12.4. The number of carbonyl (C=O) groups is 3. The van der Waals surface area contributed by atoms with Gasteiger partial charge in [-0.05, 0) is 63.2 Å². The fourth-order valence-electron chi connectivity index (χ4n) is 4.90. The Labute approximate surface area is 192 Å². The molecule has 1 saturated heterocycles. The van der Waals surface area contributed by atoms with Crippen LogP contribution in [0.2, 0.25) is 0 Å². The van der Waals surface area contributed by atoms with E-state index in [2.05, 4.69) is 17.1 Å². The number of likely N-dealkylation sites (tertiary alicyclic amines) is 1. The fraction of sp³-hybridized carbons (Fsp3) is 0.800. The van der Waals surface area contributed by atoms with E-state index in [1.807, 2.05) is 0 Å². The highest BCUT2D eigenvalue weighted by Gasteiger charge is 2.31. The molecule has 0 aromatic carbocycles. The van der Waals surface area contributed by atoms with Gasteiger partial charge in [-0.1, -0.05) is 19.8 Å². The lowest BCUT2D eigenvalue weighted by Gasteiger charge is -2.30. The molecule has 0 unspecified atom stereocenters. The second-order valence-electron chi connectivity index (χ2n) is 9.88. The zero-order valence-corrected chi connectivity index (χ0v) is 19.7. The molecule has 180 valence electrons. The van der Waals surface area contributed by atoms with Gasteiger partial charge in [0.05, 0.1) is 6.73 Å². The molecule has 0 radical (unpaired) electrons. The lowest BCUT2D eigenvalue weighted by molar-refractivity contribution is -0.138. The molecule has 32 heavy (non-hydrogen) atoms. The maximum Gasteiger partial charge on any atom is 0.253 e. The van der Waals surface area contributed by atoms with Crippen molar-refractivity contribution in [3.63, 3.8) is 0 Å². The Balaban J connectivity index is 1.14. The molecule has 0 bridgehead atoms. The summed E-state index contributed by atoms with van der Waals surface area (Å²) in [7, 11) is 0. The molecule has 2 aliphatic heterocycles. The molecule has 2 heterocycles. The van der Waals surface area contributed by atoms with Crippen LogP contribution in [0.15, 0.2) is 12.2 Å². The number of amides is 3. The lowest BCUT2D eigenvalue weighted by Crippen LogP contribution is -2.38. The Morgan fingerprint density at radius 2 is 1.62 bits per heavy atom. The molecule has 3 amide bonds. The predicted molar refractivity (Wildman–Crippen MR) is 124 cm³/mol. The van der Waals surface area contributed by atoms with Gasteiger partial charge >= 0.3 is 0 Å².